The molecule has 0 spiro atoms. The molecular weight excluding hydrogens is 344 g/mol. The number of carbonyl (C=O) groups is 1. The average molecular weight is 359 g/mol. The van der Waals surface area contributed by atoms with Crippen LogP contribution in [0.15, 0.2) is 53.4 Å². The van der Waals surface area contributed by atoms with Gasteiger partial charge in [0.2, 0.25) is 0 Å². The molecule has 0 atom stereocenters. The maximum absolute atomic E-state index is 12.0. The number of halogens is 1. The van der Waals surface area contributed by atoms with Crippen LogP contribution in [0.4, 0.5) is 11.5 Å². The number of hydrogen-bond acceptors (Lipinski definition) is 6. The molecule has 0 aliphatic carbocycles. The topological polar surface area (TPSA) is 89.3 Å². The smallest absolute Gasteiger partial charge is 0.271 e. The molecule has 8 heteroatoms. The van der Waals surface area contributed by atoms with E-state index >= 15 is 0 Å². The van der Waals surface area contributed by atoms with Gasteiger partial charge >= 0.3 is 0 Å². The maximum Gasteiger partial charge on any atom is 0.271 e. The minimum absolute atomic E-state index is 0.204. The summed E-state index contributed by atoms with van der Waals surface area (Å²) in [6, 6.07) is 8.72. The quantitative estimate of drug-likeness (QED) is 0.702. The first-order valence-corrected chi connectivity index (χ1v) is 7.76. The van der Waals surface area contributed by atoms with Crippen molar-refractivity contribution in [2.45, 2.75) is 6.54 Å². The van der Waals surface area contributed by atoms with E-state index in [9.17, 15) is 4.79 Å². The molecule has 0 radical (unpaired) electrons. The van der Waals surface area contributed by atoms with Crippen LogP contribution in [0.25, 0.3) is 0 Å². The molecule has 3 aromatic rings. The third-order valence-corrected chi connectivity index (χ3v) is 3.55. The molecule has 1 aromatic carbocycles. The van der Waals surface area contributed by atoms with Gasteiger partial charge < -0.3 is 19.8 Å². The van der Waals surface area contributed by atoms with Crippen molar-refractivity contribution in [1.29, 1.82) is 0 Å². The Labute approximate surface area is 149 Å². The lowest BCUT2D eigenvalue weighted by Gasteiger charge is -2.11. The Balaban J connectivity index is 1.66. The Bertz CT molecular complexity index is 851. The molecule has 25 heavy (non-hydrogen) atoms. The molecular formula is C17H15ClN4O3. The zero-order valence-corrected chi connectivity index (χ0v) is 14.1. The zero-order valence-electron chi connectivity index (χ0n) is 13.3. The minimum atomic E-state index is -0.337. The van der Waals surface area contributed by atoms with Crippen molar-refractivity contribution in [1.82, 2.24) is 15.3 Å². The Morgan fingerprint density at radius 2 is 2.16 bits per heavy atom. The molecule has 1 amide bonds. The number of furan rings is 1. The molecule has 2 aromatic heterocycles. The van der Waals surface area contributed by atoms with Gasteiger partial charge in [-0.15, -0.1) is 0 Å². The number of carbonyl (C=O) groups excluding carboxylic acids is 1. The van der Waals surface area contributed by atoms with Gasteiger partial charge in [0, 0.05) is 5.02 Å². The summed E-state index contributed by atoms with van der Waals surface area (Å²) in [5.74, 6) is 1.40. The molecule has 7 nitrogen and oxygen atoms in total. The fraction of sp³-hybridized carbons (Fsp3) is 0.118. The van der Waals surface area contributed by atoms with Crippen LogP contribution >= 0.6 is 11.6 Å². The van der Waals surface area contributed by atoms with E-state index in [1.807, 2.05) is 0 Å². The van der Waals surface area contributed by atoms with E-state index in [4.69, 9.17) is 20.8 Å². The van der Waals surface area contributed by atoms with Gasteiger partial charge in [-0.05, 0) is 30.3 Å². The maximum atomic E-state index is 12.0. The van der Waals surface area contributed by atoms with Crippen LogP contribution in [-0.2, 0) is 6.54 Å². The monoisotopic (exact) mass is 358 g/mol. The van der Waals surface area contributed by atoms with Gasteiger partial charge in [0.05, 0.1) is 38.0 Å². The van der Waals surface area contributed by atoms with Crippen molar-refractivity contribution >= 4 is 29.0 Å². The normalized spacial score (nSPS) is 10.3. The number of ether oxygens (including phenoxy) is 1. The highest BCUT2D eigenvalue weighted by molar-refractivity contribution is 6.31. The molecule has 0 fully saturated rings. The lowest BCUT2D eigenvalue weighted by atomic mass is 10.3. The second kappa shape index (κ2) is 7.67. The van der Waals surface area contributed by atoms with Gasteiger partial charge in [0.1, 0.15) is 23.0 Å². The summed E-state index contributed by atoms with van der Waals surface area (Å²) >= 11 is 5.99. The van der Waals surface area contributed by atoms with Crippen LogP contribution in [0, 0.1) is 0 Å². The van der Waals surface area contributed by atoms with Gasteiger partial charge in [-0.1, -0.05) is 11.6 Å². The van der Waals surface area contributed by atoms with E-state index in [0.717, 1.165) is 0 Å². The molecule has 0 aliphatic heterocycles. The van der Waals surface area contributed by atoms with Crippen molar-refractivity contribution in [3.63, 3.8) is 0 Å². The summed E-state index contributed by atoms with van der Waals surface area (Å²) in [6.07, 6.45) is 4.39. The second-order valence-corrected chi connectivity index (χ2v) is 5.45. The highest BCUT2D eigenvalue weighted by atomic mass is 35.5. The number of nitrogens with one attached hydrogen (secondary N) is 2. The van der Waals surface area contributed by atoms with E-state index in [2.05, 4.69) is 20.6 Å². The van der Waals surface area contributed by atoms with Crippen LogP contribution < -0.4 is 15.4 Å². The number of aromatic nitrogens is 2. The molecule has 0 unspecified atom stereocenters. The van der Waals surface area contributed by atoms with Gasteiger partial charge in [0.15, 0.2) is 0 Å². The van der Waals surface area contributed by atoms with Gasteiger partial charge in [-0.2, -0.15) is 0 Å². The lowest BCUT2D eigenvalue weighted by Crippen LogP contribution is -2.23. The molecule has 0 aliphatic rings. The Morgan fingerprint density at radius 3 is 2.84 bits per heavy atom. The van der Waals surface area contributed by atoms with E-state index in [0.29, 0.717) is 28.0 Å². The number of nitrogens with zero attached hydrogens (tertiary/aromatic N) is 2. The van der Waals surface area contributed by atoms with Crippen molar-refractivity contribution in [2.75, 3.05) is 12.4 Å². The number of rotatable bonds is 6. The summed E-state index contributed by atoms with van der Waals surface area (Å²) < 4.78 is 10.4. The first kappa shape index (κ1) is 16.8. The van der Waals surface area contributed by atoms with E-state index in [-0.39, 0.29) is 18.1 Å². The Hall–Kier alpha value is -3.06. The highest BCUT2D eigenvalue weighted by Crippen LogP contribution is 2.29. The molecule has 0 bridgehead atoms. The van der Waals surface area contributed by atoms with Crippen molar-refractivity contribution < 1.29 is 13.9 Å². The van der Waals surface area contributed by atoms with Gasteiger partial charge in [-0.25, -0.2) is 9.97 Å². The van der Waals surface area contributed by atoms with E-state index in [1.54, 1.807) is 43.7 Å². The highest BCUT2D eigenvalue weighted by Gasteiger charge is 2.10. The molecule has 0 saturated carbocycles. The summed E-state index contributed by atoms with van der Waals surface area (Å²) in [6.45, 7) is 0.285. The van der Waals surface area contributed by atoms with Crippen LogP contribution in [0.3, 0.4) is 0 Å². The number of anilines is 2. The molecule has 128 valence electrons. The Morgan fingerprint density at radius 1 is 1.28 bits per heavy atom. The fourth-order valence-corrected chi connectivity index (χ4v) is 2.27. The summed E-state index contributed by atoms with van der Waals surface area (Å²) in [4.78, 5) is 20.3. The van der Waals surface area contributed by atoms with Crippen LogP contribution in [0.1, 0.15) is 16.2 Å². The summed E-state index contributed by atoms with van der Waals surface area (Å²) in [5.41, 5.74) is 0.856. The number of hydrogen-bond donors (Lipinski definition) is 2. The van der Waals surface area contributed by atoms with Crippen molar-refractivity contribution in [3.8, 4) is 5.75 Å². The largest absolute Gasteiger partial charge is 0.495 e. The summed E-state index contributed by atoms with van der Waals surface area (Å²) in [7, 11) is 1.56. The standard InChI is InChI=1S/C17H15ClN4O3/c1-24-15-5-4-11(18)7-13(15)22-16-10-19-14(9-20-16)17(23)21-8-12-3-2-6-25-12/h2-7,9-10H,8H2,1H3,(H,20,22)(H,21,23). The second-order valence-electron chi connectivity index (χ2n) is 5.02. The summed E-state index contributed by atoms with van der Waals surface area (Å²) in [5, 5.41) is 6.32. The van der Waals surface area contributed by atoms with Crippen molar-refractivity contribution in [2.24, 2.45) is 0 Å². The molecule has 3 rings (SSSR count). The molecule has 0 saturated heterocycles. The van der Waals surface area contributed by atoms with E-state index < -0.39 is 0 Å². The van der Waals surface area contributed by atoms with Crippen LogP contribution in [-0.4, -0.2) is 23.0 Å². The first-order valence-electron chi connectivity index (χ1n) is 7.39. The predicted molar refractivity (Wildman–Crippen MR) is 93.2 cm³/mol. The van der Waals surface area contributed by atoms with Crippen molar-refractivity contribution in [3.05, 3.63) is 65.5 Å². The SMILES string of the molecule is COc1ccc(Cl)cc1Nc1cnc(C(=O)NCc2ccco2)cn1. The first-order chi connectivity index (χ1) is 12.2. The third-order valence-electron chi connectivity index (χ3n) is 3.31. The fourth-order valence-electron chi connectivity index (χ4n) is 2.10. The molecule has 2 heterocycles. The minimum Gasteiger partial charge on any atom is -0.495 e. The number of amides is 1. The van der Waals surface area contributed by atoms with E-state index in [1.165, 1.54) is 12.4 Å². The predicted octanol–water partition coefficient (Wildman–Crippen LogP) is 3.41. The molecule has 2 N–H and O–H groups in total. The van der Waals surface area contributed by atoms with Crippen LogP contribution in [0.5, 0.6) is 5.75 Å². The third kappa shape index (κ3) is 4.27. The van der Waals surface area contributed by atoms with Gasteiger partial charge in [0.25, 0.3) is 5.91 Å². The number of methoxy groups -OCH3 is 1. The van der Waals surface area contributed by atoms with Crippen LogP contribution in [0.2, 0.25) is 5.02 Å². The lowest BCUT2D eigenvalue weighted by molar-refractivity contribution is 0.0942. The average Bonchev–Trinajstić information content (AvgIpc) is 3.14. The number of benzene rings is 1. The Kier molecular flexibility index (Phi) is 5.15. The van der Waals surface area contributed by atoms with Gasteiger partial charge in [-0.3, -0.25) is 4.79 Å². The zero-order chi connectivity index (χ0) is 17.6.